The summed E-state index contributed by atoms with van der Waals surface area (Å²) in [7, 11) is 1.82. The van der Waals surface area contributed by atoms with Crippen LogP contribution in [0.3, 0.4) is 0 Å². The predicted octanol–water partition coefficient (Wildman–Crippen LogP) is 1.98. The number of ketones is 1. The summed E-state index contributed by atoms with van der Waals surface area (Å²) >= 11 is 0. The van der Waals surface area contributed by atoms with Crippen LogP contribution in [0.1, 0.15) is 28.0 Å². The third-order valence-electron chi connectivity index (χ3n) is 3.23. The number of carbonyl (C=O) groups excluding carboxylic acids is 1. The highest BCUT2D eigenvalue weighted by Gasteiger charge is 2.21. The lowest BCUT2D eigenvalue weighted by atomic mass is 9.99. The molecule has 2 heterocycles. The zero-order valence-electron chi connectivity index (χ0n) is 10.2. The summed E-state index contributed by atoms with van der Waals surface area (Å²) in [5, 5.41) is 0. The molecule has 0 spiro atoms. The number of benzene rings is 1. The number of aryl methyl sites for hydroxylation is 2. The summed E-state index contributed by atoms with van der Waals surface area (Å²) in [6.45, 7) is 0.683. The zero-order chi connectivity index (χ0) is 12.5. The molecule has 2 aromatic rings. The molecular formula is C14H14N2O2. The average molecular weight is 242 g/mol. The number of hydrogen-bond donors (Lipinski definition) is 0. The van der Waals surface area contributed by atoms with Crippen LogP contribution in [0.5, 0.6) is 5.75 Å². The first-order chi connectivity index (χ1) is 8.77. The van der Waals surface area contributed by atoms with Crippen molar-refractivity contribution in [1.82, 2.24) is 9.55 Å². The lowest BCUT2D eigenvalue weighted by molar-refractivity contribution is 0.102. The number of fused-ring (bicyclic) bond motifs is 1. The van der Waals surface area contributed by atoms with Crippen LogP contribution in [-0.4, -0.2) is 21.9 Å². The maximum absolute atomic E-state index is 12.5. The van der Waals surface area contributed by atoms with Crippen LogP contribution in [0, 0.1) is 0 Å². The molecule has 0 radical (unpaired) electrons. The Morgan fingerprint density at radius 1 is 1.44 bits per heavy atom. The minimum absolute atomic E-state index is 0.0336. The summed E-state index contributed by atoms with van der Waals surface area (Å²) in [5.41, 5.74) is 2.34. The van der Waals surface area contributed by atoms with E-state index in [2.05, 4.69) is 4.98 Å². The average Bonchev–Trinajstić information content (AvgIpc) is 2.83. The normalized spacial score (nSPS) is 13.8. The van der Waals surface area contributed by atoms with Crippen molar-refractivity contribution in [2.45, 2.75) is 12.8 Å². The topological polar surface area (TPSA) is 44.1 Å². The second-order valence-corrected chi connectivity index (χ2v) is 4.46. The molecule has 1 aliphatic heterocycles. The first kappa shape index (κ1) is 11.0. The van der Waals surface area contributed by atoms with E-state index in [-0.39, 0.29) is 5.78 Å². The van der Waals surface area contributed by atoms with E-state index in [0.29, 0.717) is 17.9 Å². The van der Waals surface area contributed by atoms with Crippen LogP contribution in [-0.2, 0) is 13.5 Å². The molecule has 0 aliphatic carbocycles. The Labute approximate surface area is 105 Å². The Morgan fingerprint density at radius 3 is 3.11 bits per heavy atom. The van der Waals surface area contributed by atoms with Gasteiger partial charge < -0.3 is 9.30 Å². The van der Waals surface area contributed by atoms with Crippen molar-refractivity contribution < 1.29 is 9.53 Å². The molecule has 1 aliphatic rings. The lowest BCUT2D eigenvalue weighted by Crippen LogP contribution is -2.14. The van der Waals surface area contributed by atoms with Crippen molar-refractivity contribution in [3.05, 3.63) is 47.5 Å². The van der Waals surface area contributed by atoms with E-state index in [4.69, 9.17) is 4.74 Å². The van der Waals surface area contributed by atoms with Gasteiger partial charge in [-0.05, 0) is 24.5 Å². The van der Waals surface area contributed by atoms with Crippen molar-refractivity contribution >= 4 is 5.78 Å². The summed E-state index contributed by atoms with van der Waals surface area (Å²) in [6.07, 6.45) is 5.20. The van der Waals surface area contributed by atoms with Crippen molar-refractivity contribution in [2.75, 3.05) is 6.61 Å². The van der Waals surface area contributed by atoms with Crippen LogP contribution in [0.15, 0.2) is 30.7 Å². The van der Waals surface area contributed by atoms with Crippen LogP contribution in [0.2, 0.25) is 0 Å². The van der Waals surface area contributed by atoms with Gasteiger partial charge >= 0.3 is 0 Å². The van der Waals surface area contributed by atoms with Crippen LogP contribution in [0.4, 0.5) is 0 Å². The number of carbonyl (C=O) groups is 1. The quantitative estimate of drug-likeness (QED) is 0.756. The lowest BCUT2D eigenvalue weighted by Gasteiger charge is -2.19. The highest BCUT2D eigenvalue weighted by atomic mass is 16.5. The molecule has 1 aromatic heterocycles. The van der Waals surface area contributed by atoms with Gasteiger partial charge in [0, 0.05) is 7.05 Å². The largest absolute Gasteiger partial charge is 0.493 e. The van der Waals surface area contributed by atoms with Gasteiger partial charge in [-0.25, -0.2) is 4.98 Å². The van der Waals surface area contributed by atoms with Gasteiger partial charge in [-0.1, -0.05) is 12.1 Å². The van der Waals surface area contributed by atoms with Gasteiger partial charge in [-0.2, -0.15) is 0 Å². The van der Waals surface area contributed by atoms with E-state index >= 15 is 0 Å². The zero-order valence-corrected chi connectivity index (χ0v) is 10.2. The van der Waals surface area contributed by atoms with Crippen molar-refractivity contribution in [1.29, 1.82) is 0 Å². The van der Waals surface area contributed by atoms with Gasteiger partial charge in [0.25, 0.3) is 0 Å². The molecule has 0 unspecified atom stereocenters. The minimum atomic E-state index is -0.0336. The molecule has 0 saturated carbocycles. The fourth-order valence-electron chi connectivity index (χ4n) is 2.28. The maximum Gasteiger partial charge on any atom is 0.214 e. The molecular weight excluding hydrogens is 228 g/mol. The molecule has 0 N–H and O–H groups in total. The molecule has 0 fully saturated rings. The Kier molecular flexibility index (Phi) is 2.63. The number of rotatable bonds is 2. The molecule has 92 valence electrons. The number of hydrogen-bond acceptors (Lipinski definition) is 3. The fraction of sp³-hybridized carbons (Fsp3) is 0.286. The fourth-order valence-corrected chi connectivity index (χ4v) is 2.28. The second kappa shape index (κ2) is 4.29. The second-order valence-electron chi connectivity index (χ2n) is 4.46. The van der Waals surface area contributed by atoms with Crippen molar-refractivity contribution in [3.8, 4) is 5.75 Å². The van der Waals surface area contributed by atoms with Crippen LogP contribution in [0.25, 0.3) is 0 Å². The summed E-state index contributed by atoms with van der Waals surface area (Å²) < 4.78 is 7.39. The molecule has 0 amide bonds. The smallest absolute Gasteiger partial charge is 0.214 e. The number of aromatic nitrogens is 2. The van der Waals surface area contributed by atoms with Crippen LogP contribution < -0.4 is 4.74 Å². The van der Waals surface area contributed by atoms with Crippen LogP contribution >= 0.6 is 0 Å². The number of para-hydroxylation sites is 1. The minimum Gasteiger partial charge on any atom is -0.493 e. The van der Waals surface area contributed by atoms with Gasteiger partial charge in [0.05, 0.1) is 24.7 Å². The number of imidazole rings is 1. The molecule has 18 heavy (non-hydrogen) atoms. The van der Waals surface area contributed by atoms with E-state index in [1.54, 1.807) is 17.1 Å². The van der Waals surface area contributed by atoms with E-state index in [9.17, 15) is 4.79 Å². The third kappa shape index (κ3) is 1.70. The number of nitrogens with zero attached hydrogens (tertiary/aromatic N) is 2. The highest BCUT2D eigenvalue weighted by Crippen LogP contribution is 2.30. The standard InChI is InChI=1S/C14H14N2O2/c1-16-9-15-8-12(16)13(17)11-6-2-4-10-5-3-7-18-14(10)11/h2,4,6,8-9H,3,5,7H2,1H3. The van der Waals surface area contributed by atoms with Crippen molar-refractivity contribution in [2.24, 2.45) is 7.05 Å². The van der Waals surface area contributed by atoms with E-state index in [1.165, 1.54) is 0 Å². The highest BCUT2D eigenvalue weighted by molar-refractivity contribution is 6.09. The molecule has 0 atom stereocenters. The SMILES string of the molecule is Cn1cncc1C(=O)c1cccc2c1OCCC2. The van der Waals surface area contributed by atoms with E-state index < -0.39 is 0 Å². The predicted molar refractivity (Wildman–Crippen MR) is 66.9 cm³/mol. The van der Waals surface area contributed by atoms with Gasteiger partial charge in [0.1, 0.15) is 11.4 Å². The first-order valence-electron chi connectivity index (χ1n) is 6.03. The maximum atomic E-state index is 12.5. The van der Waals surface area contributed by atoms with E-state index in [0.717, 1.165) is 24.2 Å². The van der Waals surface area contributed by atoms with Gasteiger partial charge in [0.15, 0.2) is 0 Å². The Morgan fingerprint density at radius 2 is 2.33 bits per heavy atom. The third-order valence-corrected chi connectivity index (χ3v) is 3.23. The molecule has 0 saturated heterocycles. The summed E-state index contributed by atoms with van der Waals surface area (Å²) in [4.78, 5) is 16.4. The van der Waals surface area contributed by atoms with Crippen molar-refractivity contribution in [3.63, 3.8) is 0 Å². The molecule has 4 nitrogen and oxygen atoms in total. The molecule has 1 aromatic carbocycles. The Hall–Kier alpha value is -2.10. The van der Waals surface area contributed by atoms with Gasteiger partial charge in [0.2, 0.25) is 5.78 Å². The monoisotopic (exact) mass is 242 g/mol. The Bertz CT molecular complexity index is 602. The van der Waals surface area contributed by atoms with Gasteiger partial charge in [-0.3, -0.25) is 4.79 Å². The summed E-state index contributed by atoms with van der Waals surface area (Å²) in [5.74, 6) is 0.712. The molecule has 0 bridgehead atoms. The van der Waals surface area contributed by atoms with E-state index in [1.807, 2.05) is 25.2 Å². The number of ether oxygens (including phenoxy) is 1. The summed E-state index contributed by atoms with van der Waals surface area (Å²) in [6, 6.07) is 5.76. The first-order valence-corrected chi connectivity index (χ1v) is 6.03. The van der Waals surface area contributed by atoms with Gasteiger partial charge in [-0.15, -0.1) is 0 Å². The molecule has 4 heteroatoms. The Balaban J connectivity index is 2.07. The molecule has 3 rings (SSSR count).